The lowest BCUT2D eigenvalue weighted by Crippen LogP contribution is -2.15. The fourth-order valence-electron chi connectivity index (χ4n) is 7.30. The van der Waals surface area contributed by atoms with Crippen molar-refractivity contribution in [3.05, 3.63) is 255 Å². The SMILES string of the molecule is c1ccc(P(Oc2cccc(-c3nc(-c4cccc(OP(c5ccccc5)c5ccccc5)c4)nc(-c4cccc(OP(c5ccccc5)c5ccccc5)c4)n3)c2)c2ccccc2)cc1. The summed E-state index contributed by atoms with van der Waals surface area (Å²) in [5.41, 5.74) is 2.38. The van der Waals surface area contributed by atoms with Gasteiger partial charge in [-0.2, -0.15) is 0 Å². The summed E-state index contributed by atoms with van der Waals surface area (Å²) in [6.45, 7) is 0. The van der Waals surface area contributed by atoms with Crippen LogP contribution in [-0.2, 0) is 0 Å². The molecule has 0 unspecified atom stereocenters. The van der Waals surface area contributed by atoms with Gasteiger partial charge in [-0.15, -0.1) is 0 Å². The van der Waals surface area contributed by atoms with Gasteiger partial charge in [-0.1, -0.05) is 218 Å². The van der Waals surface area contributed by atoms with Gasteiger partial charge in [-0.25, -0.2) is 15.0 Å². The molecule has 6 nitrogen and oxygen atoms in total. The average molecular weight is 910 g/mol. The maximum Gasteiger partial charge on any atom is 0.164 e. The van der Waals surface area contributed by atoms with Crippen molar-refractivity contribution in [1.82, 2.24) is 15.0 Å². The molecule has 9 aromatic carbocycles. The van der Waals surface area contributed by atoms with Gasteiger partial charge in [-0.05, 0) is 36.4 Å². The van der Waals surface area contributed by atoms with Crippen molar-refractivity contribution in [3.8, 4) is 51.4 Å². The summed E-state index contributed by atoms with van der Waals surface area (Å²) >= 11 is 0. The van der Waals surface area contributed by atoms with Crippen LogP contribution in [0.25, 0.3) is 34.2 Å². The molecule has 0 aliphatic heterocycles. The quantitative estimate of drug-likeness (QED) is 0.0955. The van der Waals surface area contributed by atoms with Crippen molar-refractivity contribution in [2.75, 3.05) is 0 Å². The molecule has 0 saturated heterocycles. The molecule has 0 radical (unpaired) electrons. The molecule has 66 heavy (non-hydrogen) atoms. The number of hydrogen-bond acceptors (Lipinski definition) is 6. The molecular formula is C57H42N3O3P3. The maximum absolute atomic E-state index is 6.89. The molecule has 0 aliphatic rings. The molecule has 0 aliphatic carbocycles. The van der Waals surface area contributed by atoms with Crippen LogP contribution in [0.2, 0.25) is 0 Å². The topological polar surface area (TPSA) is 66.4 Å². The molecular weight excluding hydrogens is 868 g/mol. The highest BCUT2D eigenvalue weighted by Crippen LogP contribution is 2.41. The molecule has 0 spiro atoms. The van der Waals surface area contributed by atoms with Gasteiger partial charge in [0, 0.05) is 48.5 Å². The van der Waals surface area contributed by atoms with Crippen molar-refractivity contribution in [2.24, 2.45) is 0 Å². The molecule has 0 fully saturated rings. The average Bonchev–Trinajstić information content (AvgIpc) is 3.40. The summed E-state index contributed by atoms with van der Waals surface area (Å²) in [4.78, 5) is 15.5. The summed E-state index contributed by atoms with van der Waals surface area (Å²) in [6.07, 6.45) is 0. The second-order valence-corrected chi connectivity index (χ2v) is 20.5. The summed E-state index contributed by atoms with van der Waals surface area (Å²) < 4.78 is 20.7. The highest BCUT2D eigenvalue weighted by Gasteiger charge is 2.22. The van der Waals surface area contributed by atoms with Crippen molar-refractivity contribution in [3.63, 3.8) is 0 Å². The first-order valence-corrected chi connectivity index (χ1v) is 25.3. The van der Waals surface area contributed by atoms with E-state index >= 15 is 0 Å². The van der Waals surface area contributed by atoms with Crippen molar-refractivity contribution < 1.29 is 13.6 Å². The van der Waals surface area contributed by atoms with E-state index in [1.165, 1.54) is 0 Å². The Morgan fingerprint density at radius 3 is 0.652 bits per heavy atom. The van der Waals surface area contributed by atoms with Crippen molar-refractivity contribution in [2.45, 2.75) is 0 Å². The minimum atomic E-state index is -1.16. The van der Waals surface area contributed by atoms with Gasteiger partial charge < -0.3 is 13.6 Å². The Morgan fingerprint density at radius 1 is 0.227 bits per heavy atom. The zero-order chi connectivity index (χ0) is 44.3. The van der Waals surface area contributed by atoms with E-state index in [4.69, 9.17) is 28.5 Å². The standard InChI is InChI=1S/C57H42N3O3P3/c1-7-28-49(29-8-1)64(50-30-9-2-10-31-50)61-46-25-19-22-43(40-46)55-58-56(44-23-20-26-47(41-44)62-65(51-32-11-3-12-33-51)52-34-13-4-14-35-52)60-57(59-55)45-24-21-27-48(42-45)63-66(53-36-15-5-16-37-53)54-38-17-6-18-39-54/h1-42H. The molecule has 0 saturated carbocycles. The normalized spacial score (nSPS) is 11.1. The number of benzene rings is 9. The molecule has 10 aromatic rings. The number of rotatable bonds is 15. The molecule has 0 atom stereocenters. The smallest absolute Gasteiger partial charge is 0.164 e. The predicted octanol–water partition coefficient (Wildman–Crippen LogP) is 12.2. The van der Waals surface area contributed by atoms with Crippen LogP contribution in [0.15, 0.2) is 255 Å². The number of aromatic nitrogens is 3. The van der Waals surface area contributed by atoms with Crippen LogP contribution in [-0.4, -0.2) is 15.0 Å². The fourth-order valence-corrected chi connectivity index (χ4v) is 12.5. The Labute approximate surface area is 389 Å². The third-order valence-electron chi connectivity index (χ3n) is 10.4. The lowest BCUT2D eigenvalue weighted by Gasteiger charge is -2.20. The number of hydrogen-bond donors (Lipinski definition) is 0. The van der Waals surface area contributed by atoms with E-state index in [2.05, 4.69) is 146 Å². The Morgan fingerprint density at radius 2 is 0.439 bits per heavy atom. The molecule has 0 N–H and O–H groups in total. The van der Waals surface area contributed by atoms with Gasteiger partial charge in [0.15, 0.2) is 41.9 Å². The first kappa shape index (κ1) is 42.6. The lowest BCUT2D eigenvalue weighted by atomic mass is 10.1. The largest absolute Gasteiger partial charge is 0.464 e. The molecule has 318 valence electrons. The molecule has 1 aromatic heterocycles. The zero-order valence-corrected chi connectivity index (χ0v) is 38.3. The Bertz CT molecular complexity index is 2670. The van der Waals surface area contributed by atoms with Crippen LogP contribution < -0.4 is 45.4 Å². The van der Waals surface area contributed by atoms with Crippen LogP contribution in [0.5, 0.6) is 17.2 Å². The monoisotopic (exact) mass is 909 g/mol. The Balaban J connectivity index is 1.05. The minimum absolute atomic E-state index is 0.508. The Kier molecular flexibility index (Phi) is 13.3. The highest BCUT2D eigenvalue weighted by atomic mass is 31.1. The summed E-state index contributed by atoms with van der Waals surface area (Å²) in [7, 11) is -3.48. The third kappa shape index (κ3) is 10.3. The first-order chi connectivity index (χ1) is 32.7. The van der Waals surface area contributed by atoms with Crippen molar-refractivity contribution in [1.29, 1.82) is 0 Å². The van der Waals surface area contributed by atoms with Crippen LogP contribution in [0, 0.1) is 0 Å². The van der Waals surface area contributed by atoms with E-state index in [0.717, 1.165) is 48.5 Å². The fraction of sp³-hybridized carbons (Fsp3) is 0. The molecule has 9 heteroatoms. The van der Waals surface area contributed by atoms with Crippen LogP contribution >= 0.6 is 24.4 Å². The molecule has 10 rings (SSSR count). The zero-order valence-electron chi connectivity index (χ0n) is 35.7. The van der Waals surface area contributed by atoms with Gasteiger partial charge in [0.1, 0.15) is 17.2 Å². The van der Waals surface area contributed by atoms with E-state index in [0.29, 0.717) is 34.7 Å². The van der Waals surface area contributed by atoms with Gasteiger partial charge >= 0.3 is 0 Å². The van der Waals surface area contributed by atoms with Gasteiger partial charge in [0.05, 0.1) is 0 Å². The molecule has 0 amide bonds. The third-order valence-corrected chi connectivity index (χ3v) is 16.2. The van der Waals surface area contributed by atoms with Crippen LogP contribution in [0.3, 0.4) is 0 Å². The first-order valence-electron chi connectivity index (χ1n) is 21.5. The predicted molar refractivity (Wildman–Crippen MR) is 275 cm³/mol. The van der Waals surface area contributed by atoms with Gasteiger partial charge in [-0.3, -0.25) is 0 Å². The van der Waals surface area contributed by atoms with Crippen molar-refractivity contribution >= 4 is 56.3 Å². The van der Waals surface area contributed by atoms with Gasteiger partial charge in [0.25, 0.3) is 0 Å². The van der Waals surface area contributed by atoms with E-state index in [-0.39, 0.29) is 0 Å². The second-order valence-electron chi connectivity index (χ2n) is 15.1. The maximum atomic E-state index is 6.89. The van der Waals surface area contributed by atoms with Crippen LogP contribution in [0.4, 0.5) is 0 Å². The molecule has 1 heterocycles. The molecule has 0 bridgehead atoms. The summed E-state index contributed by atoms with van der Waals surface area (Å²) in [6, 6.07) is 86.3. The summed E-state index contributed by atoms with van der Waals surface area (Å²) in [5, 5.41) is 6.69. The van der Waals surface area contributed by atoms with E-state index in [9.17, 15) is 0 Å². The number of nitrogens with zero attached hydrogens (tertiary/aromatic N) is 3. The van der Waals surface area contributed by atoms with Gasteiger partial charge in [0.2, 0.25) is 0 Å². The van der Waals surface area contributed by atoms with E-state index < -0.39 is 24.4 Å². The minimum Gasteiger partial charge on any atom is -0.464 e. The highest BCUT2D eigenvalue weighted by molar-refractivity contribution is 7.69. The van der Waals surface area contributed by atoms with E-state index in [1.54, 1.807) is 0 Å². The Hall–Kier alpha value is -7.32. The lowest BCUT2D eigenvalue weighted by molar-refractivity contribution is 0.630. The second kappa shape index (κ2) is 20.7. The summed E-state index contributed by atoms with van der Waals surface area (Å²) in [5.74, 6) is 3.67. The van der Waals surface area contributed by atoms with E-state index in [1.807, 2.05) is 109 Å². The van der Waals surface area contributed by atoms with Crippen LogP contribution in [0.1, 0.15) is 0 Å².